The van der Waals surface area contributed by atoms with E-state index in [1.165, 1.54) is 18.5 Å². The molecule has 0 saturated carbocycles. The molecule has 3 N–H and O–H groups in total. The first-order valence-corrected chi connectivity index (χ1v) is 5.79. The molecule has 1 aromatic carbocycles. The van der Waals surface area contributed by atoms with E-state index in [9.17, 15) is 9.59 Å². The van der Waals surface area contributed by atoms with Crippen molar-refractivity contribution in [3.05, 3.63) is 59.4 Å². The van der Waals surface area contributed by atoms with Gasteiger partial charge in [-0.25, -0.2) is 4.79 Å². The lowest BCUT2D eigenvalue weighted by Crippen LogP contribution is -2.12. The maximum Gasteiger partial charge on any atom is 0.337 e. The fraction of sp³-hybridized carbons (Fsp3) is 0.0714. The molecule has 0 aliphatic carbocycles. The van der Waals surface area contributed by atoms with E-state index in [0.29, 0.717) is 16.8 Å². The smallest absolute Gasteiger partial charge is 0.337 e. The number of carboxylic acids is 1. The van der Waals surface area contributed by atoms with Crippen molar-refractivity contribution in [1.29, 1.82) is 0 Å². The number of hydrogen-bond donors (Lipinski definition) is 3. The predicted octanol–water partition coefficient (Wildman–Crippen LogP) is 1.52. The predicted molar refractivity (Wildman–Crippen MR) is 71.5 cm³/mol. The highest BCUT2D eigenvalue weighted by Crippen LogP contribution is 2.11. The number of aromatic carboxylic acids is 1. The summed E-state index contributed by atoms with van der Waals surface area (Å²) < 4.78 is 0. The summed E-state index contributed by atoms with van der Waals surface area (Å²) in [5, 5.41) is 20.3. The van der Waals surface area contributed by atoms with Crippen LogP contribution in [-0.4, -0.2) is 27.1 Å². The zero-order valence-electron chi connectivity index (χ0n) is 10.4. The molecule has 0 unspecified atom stereocenters. The van der Waals surface area contributed by atoms with E-state index >= 15 is 0 Å². The molecule has 6 heteroatoms. The van der Waals surface area contributed by atoms with Crippen molar-refractivity contribution in [3.8, 4) is 0 Å². The molecule has 0 radical (unpaired) electrons. The fourth-order valence-electron chi connectivity index (χ4n) is 1.59. The Labute approximate surface area is 114 Å². The van der Waals surface area contributed by atoms with Gasteiger partial charge in [-0.15, -0.1) is 0 Å². The van der Waals surface area contributed by atoms with E-state index in [1.54, 1.807) is 24.3 Å². The molecule has 2 aromatic rings. The van der Waals surface area contributed by atoms with Crippen LogP contribution in [0, 0.1) is 0 Å². The van der Waals surface area contributed by atoms with Gasteiger partial charge in [0.2, 0.25) is 0 Å². The number of carboxylic acid groups (broad SMARTS) is 1. The van der Waals surface area contributed by atoms with Gasteiger partial charge in [-0.2, -0.15) is 0 Å². The number of anilines is 1. The van der Waals surface area contributed by atoms with E-state index in [2.05, 4.69) is 10.3 Å². The number of nitrogens with one attached hydrogen (secondary N) is 1. The maximum atomic E-state index is 11.9. The number of carbonyl (C=O) groups is 2. The van der Waals surface area contributed by atoms with Crippen molar-refractivity contribution in [2.75, 3.05) is 5.32 Å². The van der Waals surface area contributed by atoms with Gasteiger partial charge in [0.05, 0.1) is 24.1 Å². The number of amides is 1. The molecule has 1 aromatic heterocycles. The molecule has 1 amide bonds. The minimum atomic E-state index is -1.11. The molecule has 0 fully saturated rings. The number of carbonyl (C=O) groups excluding carboxylic acids is 1. The molecule has 0 aliphatic heterocycles. The van der Waals surface area contributed by atoms with E-state index in [4.69, 9.17) is 10.2 Å². The van der Waals surface area contributed by atoms with Gasteiger partial charge >= 0.3 is 5.97 Å². The van der Waals surface area contributed by atoms with Crippen LogP contribution in [0.5, 0.6) is 0 Å². The zero-order valence-corrected chi connectivity index (χ0v) is 10.4. The highest BCUT2D eigenvalue weighted by molar-refractivity contribution is 6.04. The highest BCUT2D eigenvalue weighted by atomic mass is 16.4. The first kappa shape index (κ1) is 13.7. The number of nitrogens with zero attached hydrogens (tertiary/aromatic N) is 1. The van der Waals surface area contributed by atoms with E-state index < -0.39 is 5.97 Å². The lowest BCUT2D eigenvalue weighted by molar-refractivity contribution is 0.0696. The van der Waals surface area contributed by atoms with E-state index in [1.807, 2.05) is 0 Å². The summed E-state index contributed by atoms with van der Waals surface area (Å²) >= 11 is 0. The third kappa shape index (κ3) is 3.18. The Kier molecular flexibility index (Phi) is 4.07. The molecule has 0 spiro atoms. The Morgan fingerprint density at radius 3 is 2.40 bits per heavy atom. The average molecular weight is 272 g/mol. The summed E-state index contributed by atoms with van der Waals surface area (Å²) in [4.78, 5) is 26.5. The molecule has 0 aliphatic rings. The standard InChI is InChI=1S/C14H12N2O4/c17-8-9-1-3-10(4-2-9)13(18)16-12-5-11(14(19)20)6-15-7-12/h1-7,17H,8H2,(H,16,18)(H,19,20). The van der Waals surface area contributed by atoms with Crippen molar-refractivity contribution >= 4 is 17.6 Å². The van der Waals surface area contributed by atoms with Gasteiger partial charge in [0, 0.05) is 11.8 Å². The number of aromatic nitrogens is 1. The normalized spacial score (nSPS) is 10.1. The summed E-state index contributed by atoms with van der Waals surface area (Å²) in [6, 6.07) is 7.77. The highest BCUT2D eigenvalue weighted by Gasteiger charge is 2.08. The molecule has 102 valence electrons. The number of pyridine rings is 1. The van der Waals surface area contributed by atoms with Gasteiger partial charge in [-0.1, -0.05) is 12.1 Å². The van der Waals surface area contributed by atoms with Crippen LogP contribution in [0.3, 0.4) is 0 Å². The number of benzene rings is 1. The summed E-state index contributed by atoms with van der Waals surface area (Å²) in [5.74, 6) is -1.49. The van der Waals surface area contributed by atoms with Gasteiger partial charge in [-0.05, 0) is 23.8 Å². The molecule has 1 heterocycles. The third-order valence-corrected chi connectivity index (χ3v) is 2.64. The minimum absolute atomic E-state index is 0.00146. The van der Waals surface area contributed by atoms with Crippen LogP contribution in [-0.2, 0) is 6.61 Å². The van der Waals surface area contributed by atoms with Crippen LogP contribution in [0.15, 0.2) is 42.7 Å². The van der Waals surface area contributed by atoms with Crippen molar-refractivity contribution in [3.63, 3.8) is 0 Å². The lowest BCUT2D eigenvalue weighted by atomic mass is 10.1. The summed E-state index contributed by atoms with van der Waals surface area (Å²) in [6.45, 7) is -0.0908. The second-order valence-electron chi connectivity index (χ2n) is 4.08. The fourth-order valence-corrected chi connectivity index (χ4v) is 1.59. The minimum Gasteiger partial charge on any atom is -0.478 e. The molecule has 0 saturated heterocycles. The van der Waals surface area contributed by atoms with Crippen LogP contribution in [0.2, 0.25) is 0 Å². The Morgan fingerprint density at radius 2 is 1.80 bits per heavy atom. The van der Waals surface area contributed by atoms with Crippen LogP contribution in [0.1, 0.15) is 26.3 Å². The zero-order chi connectivity index (χ0) is 14.5. The SMILES string of the molecule is O=C(O)c1cncc(NC(=O)c2ccc(CO)cc2)c1. The first-order chi connectivity index (χ1) is 9.60. The quantitative estimate of drug-likeness (QED) is 0.783. The van der Waals surface area contributed by atoms with Gasteiger partial charge in [-0.3, -0.25) is 9.78 Å². The third-order valence-electron chi connectivity index (χ3n) is 2.64. The summed E-state index contributed by atoms with van der Waals surface area (Å²) in [6.07, 6.45) is 2.57. The number of hydrogen-bond acceptors (Lipinski definition) is 4. The van der Waals surface area contributed by atoms with Crippen molar-refractivity contribution in [2.24, 2.45) is 0 Å². The van der Waals surface area contributed by atoms with Crippen LogP contribution in [0.4, 0.5) is 5.69 Å². The van der Waals surface area contributed by atoms with Gasteiger partial charge in [0.25, 0.3) is 5.91 Å². The number of rotatable bonds is 4. The van der Waals surface area contributed by atoms with Gasteiger partial charge in [0.15, 0.2) is 0 Å². The van der Waals surface area contributed by atoms with Crippen molar-refractivity contribution < 1.29 is 19.8 Å². The Balaban J connectivity index is 2.14. The van der Waals surface area contributed by atoms with Gasteiger partial charge < -0.3 is 15.5 Å². The van der Waals surface area contributed by atoms with Crippen molar-refractivity contribution in [1.82, 2.24) is 4.98 Å². The second-order valence-corrected chi connectivity index (χ2v) is 4.08. The van der Waals surface area contributed by atoms with Crippen LogP contribution < -0.4 is 5.32 Å². The molecule has 0 atom stereocenters. The second kappa shape index (κ2) is 5.94. The number of aliphatic hydroxyl groups excluding tert-OH is 1. The van der Waals surface area contributed by atoms with E-state index in [0.717, 1.165) is 0 Å². The molecule has 6 nitrogen and oxygen atoms in total. The Morgan fingerprint density at radius 1 is 1.10 bits per heavy atom. The summed E-state index contributed by atoms with van der Waals surface area (Å²) in [7, 11) is 0. The Hall–Kier alpha value is -2.73. The average Bonchev–Trinajstić information content (AvgIpc) is 2.47. The summed E-state index contributed by atoms with van der Waals surface area (Å²) in [5.41, 5.74) is 1.42. The van der Waals surface area contributed by atoms with Crippen molar-refractivity contribution in [2.45, 2.75) is 6.61 Å². The topological polar surface area (TPSA) is 99.5 Å². The lowest BCUT2D eigenvalue weighted by Gasteiger charge is -2.06. The molecular formula is C14H12N2O4. The molecule has 20 heavy (non-hydrogen) atoms. The van der Waals surface area contributed by atoms with Crippen LogP contribution >= 0.6 is 0 Å². The number of aliphatic hydroxyl groups is 1. The molecule has 0 bridgehead atoms. The molecular weight excluding hydrogens is 260 g/mol. The van der Waals surface area contributed by atoms with Gasteiger partial charge in [0.1, 0.15) is 0 Å². The molecule has 2 rings (SSSR count). The largest absolute Gasteiger partial charge is 0.478 e. The van der Waals surface area contributed by atoms with Crippen LogP contribution in [0.25, 0.3) is 0 Å². The van der Waals surface area contributed by atoms with E-state index in [-0.39, 0.29) is 18.1 Å². The maximum absolute atomic E-state index is 11.9. The Bertz CT molecular complexity index is 638. The monoisotopic (exact) mass is 272 g/mol. The first-order valence-electron chi connectivity index (χ1n) is 5.79.